The number of hydrogen-bond donors (Lipinski definition) is 0. The van der Waals surface area contributed by atoms with Crippen molar-refractivity contribution in [2.24, 2.45) is 11.8 Å². The number of halogens is 1. The Kier molecular flexibility index (Phi) is 4.16. The smallest absolute Gasteiger partial charge is 0.164 e. The normalized spacial score (nSPS) is 26.4. The third-order valence-corrected chi connectivity index (χ3v) is 4.84. The number of fused-ring (bicyclic) bond motifs is 2. The van der Waals surface area contributed by atoms with Crippen LogP contribution in [0.2, 0.25) is 0 Å². The Morgan fingerprint density at radius 3 is 2.70 bits per heavy atom. The van der Waals surface area contributed by atoms with E-state index < -0.39 is 0 Å². The summed E-state index contributed by atoms with van der Waals surface area (Å²) in [5.41, 5.74) is 0.628. The van der Waals surface area contributed by atoms with Crippen LogP contribution < -0.4 is 0 Å². The molecule has 1 heterocycles. The van der Waals surface area contributed by atoms with Gasteiger partial charge in [0, 0.05) is 25.1 Å². The SMILES string of the molecule is O=C(CCN1CC[C@H]2CC[C@@H](C2)C1)c1ccc(F)cc1. The molecule has 0 amide bonds. The van der Waals surface area contributed by atoms with E-state index in [1.54, 1.807) is 12.1 Å². The van der Waals surface area contributed by atoms with E-state index in [0.717, 1.165) is 31.5 Å². The second kappa shape index (κ2) is 6.04. The molecule has 1 saturated heterocycles. The molecule has 3 rings (SSSR count). The van der Waals surface area contributed by atoms with E-state index in [2.05, 4.69) is 4.90 Å². The number of carbonyl (C=O) groups excluding carboxylic acids is 1. The molecule has 0 N–H and O–H groups in total. The Balaban J connectivity index is 1.51. The van der Waals surface area contributed by atoms with Gasteiger partial charge in [0.2, 0.25) is 0 Å². The van der Waals surface area contributed by atoms with Crippen LogP contribution in [0.3, 0.4) is 0 Å². The Bertz CT molecular complexity index is 470. The van der Waals surface area contributed by atoms with Crippen LogP contribution in [0.1, 0.15) is 42.5 Å². The first-order valence-corrected chi connectivity index (χ1v) is 7.72. The Labute approximate surface area is 120 Å². The van der Waals surface area contributed by atoms with Crippen molar-refractivity contribution in [2.45, 2.75) is 32.1 Å². The van der Waals surface area contributed by atoms with E-state index in [1.165, 1.54) is 37.8 Å². The third-order valence-electron chi connectivity index (χ3n) is 4.84. The first-order valence-electron chi connectivity index (χ1n) is 7.72. The van der Waals surface area contributed by atoms with Crippen LogP contribution in [0, 0.1) is 17.7 Å². The molecule has 0 radical (unpaired) electrons. The number of benzene rings is 1. The quantitative estimate of drug-likeness (QED) is 0.784. The highest BCUT2D eigenvalue weighted by Gasteiger charge is 2.29. The summed E-state index contributed by atoms with van der Waals surface area (Å²) in [5, 5.41) is 0. The first-order chi connectivity index (χ1) is 9.70. The van der Waals surface area contributed by atoms with Gasteiger partial charge in [0.15, 0.2) is 5.78 Å². The van der Waals surface area contributed by atoms with E-state index in [0.29, 0.717) is 12.0 Å². The van der Waals surface area contributed by atoms with Gasteiger partial charge in [0.05, 0.1) is 0 Å². The number of nitrogens with zero attached hydrogens (tertiary/aromatic N) is 1. The van der Waals surface area contributed by atoms with Crippen molar-refractivity contribution in [1.29, 1.82) is 0 Å². The number of carbonyl (C=O) groups is 1. The topological polar surface area (TPSA) is 20.3 Å². The van der Waals surface area contributed by atoms with Crippen molar-refractivity contribution in [3.05, 3.63) is 35.6 Å². The molecule has 108 valence electrons. The lowest BCUT2D eigenvalue weighted by Crippen LogP contribution is -2.31. The lowest BCUT2D eigenvalue weighted by atomic mass is 10.0. The molecule has 3 heteroatoms. The van der Waals surface area contributed by atoms with Crippen molar-refractivity contribution >= 4 is 5.78 Å². The summed E-state index contributed by atoms with van der Waals surface area (Å²) in [4.78, 5) is 14.5. The number of Topliss-reactive ketones (excluding diaryl/α,β-unsaturated/α-hetero) is 1. The van der Waals surface area contributed by atoms with Crippen LogP contribution in [-0.2, 0) is 0 Å². The molecule has 1 aromatic rings. The average molecular weight is 275 g/mol. The molecule has 2 nitrogen and oxygen atoms in total. The van der Waals surface area contributed by atoms with Crippen molar-refractivity contribution in [3.8, 4) is 0 Å². The summed E-state index contributed by atoms with van der Waals surface area (Å²) in [5.74, 6) is 1.62. The lowest BCUT2D eigenvalue weighted by molar-refractivity contribution is 0.0960. The minimum absolute atomic E-state index is 0.124. The van der Waals surface area contributed by atoms with Crippen LogP contribution >= 0.6 is 0 Å². The predicted octanol–water partition coefficient (Wildman–Crippen LogP) is 3.52. The van der Waals surface area contributed by atoms with Gasteiger partial charge >= 0.3 is 0 Å². The van der Waals surface area contributed by atoms with Gasteiger partial charge in [-0.25, -0.2) is 4.39 Å². The van der Waals surface area contributed by atoms with E-state index in [9.17, 15) is 9.18 Å². The van der Waals surface area contributed by atoms with E-state index in [-0.39, 0.29) is 11.6 Å². The van der Waals surface area contributed by atoms with Gasteiger partial charge in [-0.15, -0.1) is 0 Å². The maximum absolute atomic E-state index is 12.8. The minimum atomic E-state index is -0.287. The van der Waals surface area contributed by atoms with Crippen LogP contribution in [0.4, 0.5) is 4.39 Å². The molecule has 0 aromatic heterocycles. The van der Waals surface area contributed by atoms with Gasteiger partial charge in [-0.1, -0.05) is 6.42 Å². The van der Waals surface area contributed by atoms with Crippen LogP contribution in [-0.4, -0.2) is 30.3 Å². The highest BCUT2D eigenvalue weighted by Crippen LogP contribution is 2.36. The predicted molar refractivity (Wildman–Crippen MR) is 77.2 cm³/mol. The molecule has 0 spiro atoms. The molecule has 1 saturated carbocycles. The van der Waals surface area contributed by atoms with Gasteiger partial charge < -0.3 is 4.90 Å². The number of ketones is 1. The molecule has 2 fully saturated rings. The van der Waals surface area contributed by atoms with Crippen molar-refractivity contribution < 1.29 is 9.18 Å². The summed E-state index contributed by atoms with van der Waals surface area (Å²) >= 11 is 0. The molecule has 20 heavy (non-hydrogen) atoms. The maximum Gasteiger partial charge on any atom is 0.164 e. The van der Waals surface area contributed by atoms with Crippen molar-refractivity contribution in [2.75, 3.05) is 19.6 Å². The fourth-order valence-corrected chi connectivity index (χ4v) is 3.67. The zero-order valence-electron chi connectivity index (χ0n) is 11.9. The summed E-state index contributed by atoms with van der Waals surface area (Å²) in [7, 11) is 0. The largest absolute Gasteiger partial charge is 0.303 e. The molecule has 1 aliphatic heterocycles. The minimum Gasteiger partial charge on any atom is -0.303 e. The molecule has 1 aromatic carbocycles. The van der Waals surface area contributed by atoms with Crippen molar-refractivity contribution in [1.82, 2.24) is 4.90 Å². The van der Waals surface area contributed by atoms with Gasteiger partial charge in [0.1, 0.15) is 5.82 Å². The molecule has 0 unspecified atom stereocenters. The number of likely N-dealkylation sites (tertiary alicyclic amines) is 1. The van der Waals surface area contributed by atoms with Gasteiger partial charge in [0.25, 0.3) is 0 Å². The fraction of sp³-hybridized carbons (Fsp3) is 0.588. The second-order valence-corrected chi connectivity index (χ2v) is 6.31. The maximum atomic E-state index is 12.8. The van der Waals surface area contributed by atoms with E-state index in [4.69, 9.17) is 0 Å². The lowest BCUT2D eigenvalue weighted by Gasteiger charge is -2.24. The van der Waals surface area contributed by atoms with Crippen molar-refractivity contribution in [3.63, 3.8) is 0 Å². The van der Waals surface area contributed by atoms with E-state index >= 15 is 0 Å². The van der Waals surface area contributed by atoms with Crippen LogP contribution in [0.5, 0.6) is 0 Å². The van der Waals surface area contributed by atoms with Crippen LogP contribution in [0.25, 0.3) is 0 Å². The second-order valence-electron chi connectivity index (χ2n) is 6.31. The molecule has 1 aliphatic carbocycles. The summed E-state index contributed by atoms with van der Waals surface area (Å²) < 4.78 is 12.8. The van der Waals surface area contributed by atoms with Gasteiger partial charge in [-0.2, -0.15) is 0 Å². The highest BCUT2D eigenvalue weighted by molar-refractivity contribution is 5.96. The first kappa shape index (κ1) is 13.7. The summed E-state index contributed by atoms with van der Waals surface area (Å²) in [6.07, 6.45) is 6.01. The molecular weight excluding hydrogens is 253 g/mol. The molecule has 2 bridgehead atoms. The third kappa shape index (κ3) is 3.26. The monoisotopic (exact) mass is 275 g/mol. The Morgan fingerprint density at radius 1 is 1.15 bits per heavy atom. The number of rotatable bonds is 4. The molecular formula is C17H22FNO. The standard InChI is InChI=1S/C17H22FNO/c18-16-5-3-15(4-6-16)17(20)8-10-19-9-7-13-1-2-14(11-13)12-19/h3-6,13-14H,1-2,7-12H2/t13-,14+/m1/s1. The molecule has 2 aliphatic rings. The summed E-state index contributed by atoms with van der Waals surface area (Å²) in [6.45, 7) is 3.14. The average Bonchev–Trinajstić information content (AvgIpc) is 2.78. The summed E-state index contributed by atoms with van der Waals surface area (Å²) in [6, 6.07) is 5.89. The molecule has 2 atom stereocenters. The van der Waals surface area contributed by atoms with Gasteiger partial charge in [-0.05, 0) is 61.9 Å². The van der Waals surface area contributed by atoms with Crippen LogP contribution in [0.15, 0.2) is 24.3 Å². The number of hydrogen-bond acceptors (Lipinski definition) is 2. The Morgan fingerprint density at radius 2 is 1.90 bits per heavy atom. The zero-order chi connectivity index (χ0) is 13.9. The zero-order valence-corrected chi connectivity index (χ0v) is 11.9. The van der Waals surface area contributed by atoms with Gasteiger partial charge in [-0.3, -0.25) is 4.79 Å². The fourth-order valence-electron chi connectivity index (χ4n) is 3.67. The Hall–Kier alpha value is -1.22. The highest BCUT2D eigenvalue weighted by atomic mass is 19.1. The van der Waals surface area contributed by atoms with E-state index in [1.807, 2.05) is 0 Å².